The first kappa shape index (κ1) is 9.13. The molecule has 2 heteroatoms. The van der Waals surface area contributed by atoms with Crippen molar-refractivity contribution < 1.29 is 9.59 Å². The average Bonchev–Trinajstić information content (AvgIpc) is 2.43. The van der Waals surface area contributed by atoms with Crippen LogP contribution in [0.2, 0.25) is 0 Å². The number of Topliss-reactive ketones (excluding diaryl/α,β-unsaturated/α-hetero) is 2. The molecule has 1 aromatic rings. The van der Waals surface area contributed by atoms with Crippen LogP contribution in [0.5, 0.6) is 0 Å². The second-order valence-corrected chi connectivity index (χ2v) is 3.80. The van der Waals surface area contributed by atoms with Gasteiger partial charge in [-0.15, -0.1) is 0 Å². The zero-order chi connectivity index (χ0) is 10.1. The monoisotopic (exact) mass is 188 g/mol. The number of ketones is 2. The molecule has 1 aliphatic rings. The van der Waals surface area contributed by atoms with E-state index in [2.05, 4.69) is 0 Å². The molecule has 72 valence electrons. The molecule has 0 amide bonds. The van der Waals surface area contributed by atoms with Crippen molar-refractivity contribution in [1.82, 2.24) is 0 Å². The number of rotatable bonds is 2. The molecular weight excluding hydrogens is 176 g/mol. The van der Waals surface area contributed by atoms with E-state index >= 15 is 0 Å². The molecule has 14 heavy (non-hydrogen) atoms. The van der Waals surface area contributed by atoms with Crippen molar-refractivity contribution in [1.29, 1.82) is 0 Å². The minimum atomic E-state index is -0.177. The standard InChI is InChI=1S/C12H12O2/c1-8(13)6-11-10-5-3-2-4-9(10)7-12(11)14/h2-5,11H,6-7H2,1H3. The van der Waals surface area contributed by atoms with Gasteiger partial charge in [-0.2, -0.15) is 0 Å². The Bertz CT molecular complexity index is 393. The van der Waals surface area contributed by atoms with Crippen LogP contribution in [0.25, 0.3) is 0 Å². The van der Waals surface area contributed by atoms with Crippen LogP contribution in [0.1, 0.15) is 30.4 Å². The summed E-state index contributed by atoms with van der Waals surface area (Å²) in [5.41, 5.74) is 2.14. The van der Waals surface area contributed by atoms with E-state index < -0.39 is 0 Å². The fraction of sp³-hybridized carbons (Fsp3) is 0.333. The van der Waals surface area contributed by atoms with Crippen molar-refractivity contribution in [2.75, 3.05) is 0 Å². The van der Waals surface area contributed by atoms with Crippen LogP contribution in [-0.4, -0.2) is 11.6 Å². The van der Waals surface area contributed by atoms with E-state index in [1.165, 1.54) is 6.92 Å². The molecule has 0 spiro atoms. The van der Waals surface area contributed by atoms with Crippen LogP contribution < -0.4 is 0 Å². The Morgan fingerprint density at radius 1 is 1.43 bits per heavy atom. The normalized spacial score (nSPS) is 19.5. The van der Waals surface area contributed by atoms with E-state index in [1.54, 1.807) is 0 Å². The Hall–Kier alpha value is -1.44. The Labute approximate surface area is 82.9 Å². The highest BCUT2D eigenvalue weighted by Crippen LogP contribution is 2.32. The molecule has 2 nitrogen and oxygen atoms in total. The molecule has 1 aromatic carbocycles. The Kier molecular flexibility index (Phi) is 2.20. The van der Waals surface area contributed by atoms with Crippen LogP contribution in [0.4, 0.5) is 0 Å². The van der Waals surface area contributed by atoms with Crippen LogP contribution in [0, 0.1) is 0 Å². The molecule has 0 heterocycles. The summed E-state index contributed by atoms with van der Waals surface area (Å²) < 4.78 is 0. The highest BCUT2D eigenvalue weighted by Gasteiger charge is 2.30. The molecule has 0 saturated carbocycles. The molecule has 1 unspecified atom stereocenters. The number of hydrogen-bond donors (Lipinski definition) is 0. The van der Waals surface area contributed by atoms with Crippen molar-refractivity contribution in [2.45, 2.75) is 25.7 Å². The van der Waals surface area contributed by atoms with Crippen LogP contribution >= 0.6 is 0 Å². The number of fused-ring (bicyclic) bond motifs is 1. The molecule has 0 fully saturated rings. The second-order valence-electron chi connectivity index (χ2n) is 3.80. The van der Waals surface area contributed by atoms with Gasteiger partial charge in [0.05, 0.1) is 5.92 Å². The van der Waals surface area contributed by atoms with E-state index in [1.807, 2.05) is 24.3 Å². The van der Waals surface area contributed by atoms with Crippen LogP contribution in [-0.2, 0) is 16.0 Å². The lowest BCUT2D eigenvalue weighted by Gasteiger charge is -2.06. The van der Waals surface area contributed by atoms with Crippen molar-refractivity contribution in [2.24, 2.45) is 0 Å². The lowest BCUT2D eigenvalue weighted by atomic mass is 9.95. The van der Waals surface area contributed by atoms with Crippen molar-refractivity contribution in [3.8, 4) is 0 Å². The summed E-state index contributed by atoms with van der Waals surface area (Å²) in [6.45, 7) is 1.54. The molecule has 2 rings (SSSR count). The van der Waals surface area contributed by atoms with Gasteiger partial charge < -0.3 is 0 Å². The summed E-state index contributed by atoms with van der Waals surface area (Å²) in [6, 6.07) is 7.77. The summed E-state index contributed by atoms with van der Waals surface area (Å²) in [5, 5.41) is 0. The fourth-order valence-electron chi connectivity index (χ4n) is 2.03. The van der Waals surface area contributed by atoms with Crippen LogP contribution in [0.15, 0.2) is 24.3 Å². The SMILES string of the molecule is CC(=O)CC1C(=O)Cc2ccccc21. The highest BCUT2D eigenvalue weighted by molar-refractivity contribution is 5.96. The summed E-state index contributed by atoms with van der Waals surface area (Å²) >= 11 is 0. The van der Waals surface area contributed by atoms with Gasteiger partial charge in [-0.25, -0.2) is 0 Å². The molecule has 0 saturated heterocycles. The minimum absolute atomic E-state index is 0.0834. The zero-order valence-corrected chi connectivity index (χ0v) is 8.12. The van der Waals surface area contributed by atoms with Gasteiger partial charge in [0.1, 0.15) is 11.6 Å². The maximum absolute atomic E-state index is 11.6. The predicted molar refractivity (Wildman–Crippen MR) is 53.2 cm³/mol. The maximum Gasteiger partial charge on any atom is 0.145 e. The zero-order valence-electron chi connectivity index (χ0n) is 8.12. The first-order valence-corrected chi connectivity index (χ1v) is 4.78. The van der Waals surface area contributed by atoms with Gasteiger partial charge in [0.25, 0.3) is 0 Å². The van der Waals surface area contributed by atoms with Gasteiger partial charge in [0, 0.05) is 12.8 Å². The van der Waals surface area contributed by atoms with E-state index in [9.17, 15) is 9.59 Å². The average molecular weight is 188 g/mol. The van der Waals surface area contributed by atoms with Crippen LogP contribution in [0.3, 0.4) is 0 Å². The van der Waals surface area contributed by atoms with Gasteiger partial charge >= 0.3 is 0 Å². The van der Waals surface area contributed by atoms with Crippen molar-refractivity contribution >= 4 is 11.6 Å². The molecule has 0 bridgehead atoms. The third-order valence-electron chi connectivity index (χ3n) is 2.68. The lowest BCUT2D eigenvalue weighted by Crippen LogP contribution is -2.09. The van der Waals surface area contributed by atoms with E-state index in [0.717, 1.165) is 11.1 Å². The summed E-state index contributed by atoms with van der Waals surface area (Å²) in [4.78, 5) is 22.6. The van der Waals surface area contributed by atoms with E-state index in [4.69, 9.17) is 0 Å². The number of hydrogen-bond acceptors (Lipinski definition) is 2. The smallest absolute Gasteiger partial charge is 0.145 e. The molecular formula is C12H12O2. The fourth-order valence-corrected chi connectivity index (χ4v) is 2.03. The maximum atomic E-state index is 11.6. The first-order chi connectivity index (χ1) is 6.68. The van der Waals surface area contributed by atoms with Gasteiger partial charge in [0.15, 0.2) is 0 Å². The highest BCUT2D eigenvalue weighted by atomic mass is 16.1. The summed E-state index contributed by atoms with van der Waals surface area (Å²) in [5.74, 6) is 0.0881. The molecule has 0 aromatic heterocycles. The van der Waals surface area contributed by atoms with Gasteiger partial charge in [0.2, 0.25) is 0 Å². The van der Waals surface area contributed by atoms with Crippen molar-refractivity contribution in [3.63, 3.8) is 0 Å². The third-order valence-corrected chi connectivity index (χ3v) is 2.68. The third kappa shape index (κ3) is 1.48. The predicted octanol–water partition coefficient (Wildman–Crippen LogP) is 1.87. The Balaban J connectivity index is 2.34. The Morgan fingerprint density at radius 2 is 2.14 bits per heavy atom. The lowest BCUT2D eigenvalue weighted by molar-refractivity contribution is -0.123. The summed E-state index contributed by atoms with van der Waals surface area (Å²) in [6.07, 6.45) is 0.851. The van der Waals surface area contributed by atoms with Gasteiger partial charge in [-0.1, -0.05) is 24.3 Å². The molecule has 0 radical (unpaired) electrons. The largest absolute Gasteiger partial charge is 0.300 e. The molecule has 0 aliphatic heterocycles. The number of benzene rings is 1. The topological polar surface area (TPSA) is 34.1 Å². The van der Waals surface area contributed by atoms with Gasteiger partial charge in [-0.3, -0.25) is 9.59 Å². The second kappa shape index (κ2) is 3.37. The first-order valence-electron chi connectivity index (χ1n) is 4.78. The summed E-state index contributed by atoms with van der Waals surface area (Å²) in [7, 11) is 0. The quantitative estimate of drug-likeness (QED) is 0.710. The molecule has 1 aliphatic carbocycles. The molecule has 0 N–H and O–H groups in total. The van der Waals surface area contributed by atoms with Gasteiger partial charge in [-0.05, 0) is 18.1 Å². The minimum Gasteiger partial charge on any atom is -0.300 e. The van der Waals surface area contributed by atoms with E-state index in [-0.39, 0.29) is 17.5 Å². The Morgan fingerprint density at radius 3 is 2.86 bits per heavy atom. The number of carbonyl (C=O) groups excluding carboxylic acids is 2. The van der Waals surface area contributed by atoms with Crippen molar-refractivity contribution in [3.05, 3.63) is 35.4 Å². The molecule has 1 atom stereocenters. The van der Waals surface area contributed by atoms with E-state index in [0.29, 0.717) is 12.8 Å². The number of carbonyl (C=O) groups is 2.